The molecule has 4 aromatic rings. The molecule has 0 unspecified atom stereocenters. The molecule has 0 aliphatic heterocycles. The summed E-state index contributed by atoms with van der Waals surface area (Å²) in [5.41, 5.74) is 7.23. The van der Waals surface area contributed by atoms with Crippen molar-refractivity contribution in [2.24, 2.45) is 5.10 Å². The Morgan fingerprint density at radius 2 is 1.86 bits per heavy atom. The summed E-state index contributed by atoms with van der Waals surface area (Å²) in [5, 5.41) is 6.96. The van der Waals surface area contributed by atoms with Crippen LogP contribution >= 0.6 is 11.3 Å². The molecule has 0 aliphatic rings. The van der Waals surface area contributed by atoms with Gasteiger partial charge in [-0.1, -0.05) is 42.0 Å². The van der Waals surface area contributed by atoms with E-state index in [-0.39, 0.29) is 0 Å². The molecule has 3 aromatic carbocycles. The lowest BCUT2D eigenvalue weighted by molar-refractivity contribution is 0.0725. The summed E-state index contributed by atoms with van der Waals surface area (Å²) in [7, 11) is 1.51. The highest BCUT2D eigenvalue weighted by Crippen LogP contribution is 2.30. The molecular weight excluding hydrogens is 462 g/mol. The first-order chi connectivity index (χ1) is 17.1. The first-order valence-corrected chi connectivity index (χ1v) is 11.9. The van der Waals surface area contributed by atoms with E-state index in [1.807, 2.05) is 12.3 Å². The molecule has 0 radical (unpaired) electrons. The van der Waals surface area contributed by atoms with Crippen LogP contribution in [0, 0.1) is 6.92 Å². The highest BCUT2D eigenvalue weighted by Gasteiger charge is 2.17. The lowest BCUT2D eigenvalue weighted by Gasteiger charge is -2.12. The standard InChI is InChI=1S/C27H25N3O4S/c1-4-33-25-15-19(11-14-24(25)34-26(31)21-7-5-6-8-23(21)32-3)16-28-30-27-29-22(17-35-27)20-12-9-18(2)10-13-20/h5-17H,4H2,1-3H3,(H,29,30). The monoisotopic (exact) mass is 487 g/mol. The van der Waals surface area contributed by atoms with Gasteiger partial charge in [-0.25, -0.2) is 9.78 Å². The van der Waals surface area contributed by atoms with Crippen LogP contribution in [0.2, 0.25) is 0 Å². The summed E-state index contributed by atoms with van der Waals surface area (Å²) in [6.07, 6.45) is 1.65. The fraction of sp³-hybridized carbons (Fsp3) is 0.148. The van der Waals surface area contributed by atoms with Gasteiger partial charge in [0.25, 0.3) is 0 Å². The maximum Gasteiger partial charge on any atom is 0.347 e. The summed E-state index contributed by atoms with van der Waals surface area (Å²) in [5.74, 6) is 0.670. The number of thiazole rings is 1. The maximum atomic E-state index is 12.7. The third-order valence-corrected chi connectivity index (χ3v) is 5.77. The maximum absolute atomic E-state index is 12.7. The van der Waals surface area contributed by atoms with Crippen LogP contribution in [0.15, 0.2) is 77.2 Å². The van der Waals surface area contributed by atoms with Crippen molar-refractivity contribution in [3.63, 3.8) is 0 Å². The molecule has 4 rings (SSSR count). The predicted molar refractivity (Wildman–Crippen MR) is 139 cm³/mol. The molecule has 1 N–H and O–H groups in total. The number of aryl methyl sites for hydroxylation is 1. The molecule has 1 heterocycles. The highest BCUT2D eigenvalue weighted by molar-refractivity contribution is 7.14. The minimum Gasteiger partial charge on any atom is -0.496 e. The Morgan fingerprint density at radius 3 is 2.63 bits per heavy atom. The topological polar surface area (TPSA) is 82.0 Å². The van der Waals surface area contributed by atoms with Gasteiger partial charge < -0.3 is 14.2 Å². The summed E-state index contributed by atoms with van der Waals surface area (Å²) in [6, 6.07) is 20.4. The average molecular weight is 488 g/mol. The number of ether oxygens (including phenoxy) is 3. The Kier molecular flexibility index (Phi) is 7.74. The van der Waals surface area contributed by atoms with Gasteiger partial charge in [0.15, 0.2) is 11.5 Å². The second-order valence-electron chi connectivity index (χ2n) is 7.50. The number of para-hydroxylation sites is 1. The number of esters is 1. The SMILES string of the molecule is CCOc1cc(C=NNc2nc(-c3ccc(C)cc3)cs2)ccc1OC(=O)c1ccccc1OC. The Morgan fingerprint density at radius 1 is 1.06 bits per heavy atom. The van der Waals surface area contributed by atoms with Crippen LogP contribution in [-0.2, 0) is 0 Å². The summed E-state index contributed by atoms with van der Waals surface area (Å²) in [6.45, 7) is 4.33. The summed E-state index contributed by atoms with van der Waals surface area (Å²) >= 11 is 1.48. The highest BCUT2D eigenvalue weighted by atomic mass is 32.1. The van der Waals surface area contributed by atoms with Crippen molar-refractivity contribution in [2.45, 2.75) is 13.8 Å². The second kappa shape index (κ2) is 11.3. The Hall–Kier alpha value is -4.17. The number of aromatic nitrogens is 1. The predicted octanol–water partition coefficient (Wildman–Crippen LogP) is 6.19. The molecule has 178 valence electrons. The van der Waals surface area contributed by atoms with Gasteiger partial charge in [0.2, 0.25) is 5.13 Å². The number of nitrogens with one attached hydrogen (secondary N) is 1. The lowest BCUT2D eigenvalue weighted by atomic mass is 10.1. The third kappa shape index (κ3) is 6.04. The number of hydrogen-bond donors (Lipinski definition) is 1. The fourth-order valence-corrected chi connectivity index (χ4v) is 3.94. The van der Waals surface area contributed by atoms with Gasteiger partial charge in [0.1, 0.15) is 11.3 Å². The Bertz CT molecular complexity index is 1330. The first kappa shape index (κ1) is 24.0. The molecule has 0 bridgehead atoms. The van der Waals surface area contributed by atoms with E-state index in [1.165, 1.54) is 24.0 Å². The van der Waals surface area contributed by atoms with Crippen LogP contribution in [0.4, 0.5) is 5.13 Å². The molecule has 8 heteroatoms. The number of anilines is 1. The first-order valence-electron chi connectivity index (χ1n) is 11.0. The zero-order valence-corrected chi connectivity index (χ0v) is 20.5. The van der Waals surface area contributed by atoms with Gasteiger partial charge in [-0.15, -0.1) is 11.3 Å². The Labute approximate surface area is 208 Å². The van der Waals surface area contributed by atoms with Gasteiger partial charge >= 0.3 is 5.97 Å². The summed E-state index contributed by atoms with van der Waals surface area (Å²) < 4.78 is 16.5. The molecule has 0 spiro atoms. The van der Waals surface area contributed by atoms with Crippen molar-refractivity contribution in [3.05, 3.63) is 88.8 Å². The van der Waals surface area contributed by atoms with Gasteiger partial charge in [-0.05, 0) is 49.7 Å². The molecule has 0 aliphatic carbocycles. The number of hydrazone groups is 1. The van der Waals surface area contributed by atoms with E-state index in [4.69, 9.17) is 14.2 Å². The minimum atomic E-state index is -0.528. The number of rotatable bonds is 9. The smallest absolute Gasteiger partial charge is 0.347 e. The molecule has 0 saturated heterocycles. The lowest BCUT2D eigenvalue weighted by Crippen LogP contribution is -2.11. The number of nitrogens with zero attached hydrogens (tertiary/aromatic N) is 2. The zero-order chi connectivity index (χ0) is 24.6. The van der Waals surface area contributed by atoms with Crippen molar-refractivity contribution >= 4 is 28.7 Å². The van der Waals surface area contributed by atoms with Crippen LogP contribution in [0.3, 0.4) is 0 Å². The largest absolute Gasteiger partial charge is 0.496 e. The van der Waals surface area contributed by atoms with Crippen molar-refractivity contribution in [3.8, 4) is 28.5 Å². The van der Waals surface area contributed by atoms with E-state index in [0.29, 0.717) is 34.6 Å². The van der Waals surface area contributed by atoms with Crippen LogP contribution < -0.4 is 19.6 Å². The van der Waals surface area contributed by atoms with Crippen LogP contribution in [0.25, 0.3) is 11.3 Å². The van der Waals surface area contributed by atoms with Crippen LogP contribution in [0.5, 0.6) is 17.2 Å². The number of carbonyl (C=O) groups excluding carboxylic acids is 1. The van der Waals surface area contributed by atoms with E-state index in [0.717, 1.165) is 16.8 Å². The molecule has 0 atom stereocenters. The van der Waals surface area contributed by atoms with Gasteiger partial charge in [0.05, 0.1) is 25.6 Å². The van der Waals surface area contributed by atoms with E-state index in [2.05, 4.69) is 46.7 Å². The number of methoxy groups -OCH3 is 1. The van der Waals surface area contributed by atoms with Crippen molar-refractivity contribution in [2.75, 3.05) is 19.1 Å². The molecule has 1 aromatic heterocycles. The van der Waals surface area contributed by atoms with E-state index in [1.54, 1.807) is 48.7 Å². The molecule has 0 saturated carbocycles. The number of hydrogen-bond acceptors (Lipinski definition) is 8. The third-order valence-electron chi connectivity index (χ3n) is 5.02. The average Bonchev–Trinajstić information content (AvgIpc) is 3.35. The summed E-state index contributed by atoms with van der Waals surface area (Å²) in [4.78, 5) is 17.3. The van der Waals surface area contributed by atoms with E-state index in [9.17, 15) is 4.79 Å². The van der Waals surface area contributed by atoms with Crippen LogP contribution in [0.1, 0.15) is 28.4 Å². The molecule has 0 amide bonds. The van der Waals surface area contributed by atoms with Crippen molar-refractivity contribution in [1.29, 1.82) is 0 Å². The number of benzene rings is 3. The van der Waals surface area contributed by atoms with Gasteiger partial charge in [-0.3, -0.25) is 5.43 Å². The van der Waals surface area contributed by atoms with Crippen LogP contribution in [-0.4, -0.2) is 30.9 Å². The fourth-order valence-electron chi connectivity index (χ4n) is 3.27. The molecule has 35 heavy (non-hydrogen) atoms. The second-order valence-corrected chi connectivity index (χ2v) is 8.36. The quantitative estimate of drug-likeness (QED) is 0.131. The normalized spacial score (nSPS) is 10.8. The van der Waals surface area contributed by atoms with Gasteiger partial charge in [-0.2, -0.15) is 5.10 Å². The Balaban J connectivity index is 1.45. The molecule has 0 fully saturated rings. The number of carbonyl (C=O) groups is 1. The molecule has 7 nitrogen and oxygen atoms in total. The molecular formula is C27H25N3O4S. The van der Waals surface area contributed by atoms with Gasteiger partial charge in [0, 0.05) is 10.9 Å². The van der Waals surface area contributed by atoms with E-state index >= 15 is 0 Å². The zero-order valence-electron chi connectivity index (χ0n) is 19.6. The van der Waals surface area contributed by atoms with E-state index < -0.39 is 5.97 Å². The minimum absolute atomic E-state index is 0.315. The van der Waals surface area contributed by atoms with Crippen molar-refractivity contribution in [1.82, 2.24) is 4.98 Å². The van der Waals surface area contributed by atoms with Crippen molar-refractivity contribution < 1.29 is 19.0 Å².